The van der Waals surface area contributed by atoms with Gasteiger partial charge in [0.25, 0.3) is 0 Å². The molecule has 2 heterocycles. The third-order valence-electron chi connectivity index (χ3n) is 3.40. The number of nitrogens with one attached hydrogen (secondary N) is 1. The van der Waals surface area contributed by atoms with Gasteiger partial charge in [-0.05, 0) is 17.7 Å². The van der Waals surface area contributed by atoms with Crippen molar-refractivity contribution < 1.29 is 0 Å². The van der Waals surface area contributed by atoms with Gasteiger partial charge in [-0.1, -0.05) is 29.3 Å². The van der Waals surface area contributed by atoms with E-state index in [1.54, 1.807) is 0 Å². The standard InChI is InChI=1S/C13H15Cl2N5/c1-16-13-18-12(7-20(13)19-5-4-17-8-19)9-2-3-10(14)11(15)6-9/h2-3,6,8,12H,4-5,7H2,1H3,(H,16,18). The molecule has 1 aromatic carbocycles. The van der Waals surface area contributed by atoms with Gasteiger partial charge in [-0.25, -0.2) is 4.99 Å². The van der Waals surface area contributed by atoms with E-state index in [4.69, 9.17) is 28.2 Å². The minimum atomic E-state index is 0.0428. The number of guanidine groups is 1. The molecule has 5 nitrogen and oxygen atoms in total. The smallest absolute Gasteiger partial charge is 0.213 e. The molecule has 2 aliphatic rings. The van der Waals surface area contributed by atoms with Crippen LogP contribution in [0.1, 0.15) is 11.6 Å². The fraction of sp³-hybridized carbons (Fsp3) is 0.385. The molecule has 3 rings (SSSR count). The van der Waals surface area contributed by atoms with Crippen molar-refractivity contribution in [1.82, 2.24) is 15.3 Å². The van der Waals surface area contributed by atoms with Crippen molar-refractivity contribution in [1.29, 1.82) is 0 Å². The Hall–Kier alpha value is -1.46. The predicted molar refractivity (Wildman–Crippen MR) is 82.5 cm³/mol. The number of hydrogen-bond donors (Lipinski definition) is 1. The first kappa shape index (κ1) is 13.5. The highest BCUT2D eigenvalue weighted by Crippen LogP contribution is 2.30. The van der Waals surface area contributed by atoms with Crippen molar-refractivity contribution in [2.45, 2.75) is 6.04 Å². The third kappa shape index (κ3) is 2.43. The molecule has 106 valence electrons. The molecular formula is C13H15Cl2N5. The average Bonchev–Trinajstić information content (AvgIpc) is 3.09. The molecule has 0 spiro atoms. The van der Waals surface area contributed by atoms with Crippen LogP contribution in [0.2, 0.25) is 10.0 Å². The molecule has 1 atom stereocenters. The summed E-state index contributed by atoms with van der Waals surface area (Å²) in [4.78, 5) is 8.94. The summed E-state index contributed by atoms with van der Waals surface area (Å²) in [6.07, 6.45) is 1.85. The SMILES string of the molecule is CNC1=NC(c2ccc(Cl)c(Cl)c2)CN1N1C=NCC1. The van der Waals surface area contributed by atoms with Crippen molar-refractivity contribution >= 4 is 35.5 Å². The number of hydrazine groups is 1. The minimum absolute atomic E-state index is 0.0428. The molecule has 0 aliphatic carbocycles. The van der Waals surface area contributed by atoms with Gasteiger partial charge in [0.15, 0.2) is 0 Å². The van der Waals surface area contributed by atoms with E-state index in [0.717, 1.165) is 31.2 Å². The van der Waals surface area contributed by atoms with E-state index in [1.165, 1.54) is 0 Å². The lowest BCUT2D eigenvalue weighted by atomic mass is 10.1. The molecule has 0 aromatic heterocycles. The van der Waals surface area contributed by atoms with Gasteiger partial charge in [0, 0.05) is 7.05 Å². The van der Waals surface area contributed by atoms with Gasteiger partial charge in [-0.3, -0.25) is 15.0 Å². The van der Waals surface area contributed by atoms with Gasteiger partial charge in [0.2, 0.25) is 5.96 Å². The molecule has 0 saturated heterocycles. The molecule has 20 heavy (non-hydrogen) atoms. The molecule has 0 radical (unpaired) electrons. The zero-order valence-electron chi connectivity index (χ0n) is 11.1. The molecule has 1 N–H and O–H groups in total. The van der Waals surface area contributed by atoms with E-state index < -0.39 is 0 Å². The summed E-state index contributed by atoms with van der Waals surface area (Å²) >= 11 is 12.0. The number of halogens is 2. The summed E-state index contributed by atoms with van der Waals surface area (Å²) in [5.41, 5.74) is 1.06. The zero-order chi connectivity index (χ0) is 14.1. The maximum Gasteiger partial charge on any atom is 0.213 e. The van der Waals surface area contributed by atoms with Crippen molar-refractivity contribution in [3.8, 4) is 0 Å². The first-order valence-corrected chi connectivity index (χ1v) is 7.19. The van der Waals surface area contributed by atoms with Crippen LogP contribution in [-0.2, 0) is 0 Å². The summed E-state index contributed by atoms with van der Waals surface area (Å²) in [5, 5.41) is 8.43. The molecule has 0 fully saturated rings. The Bertz CT molecular complexity index is 572. The van der Waals surface area contributed by atoms with E-state index in [0.29, 0.717) is 10.0 Å². The largest absolute Gasteiger partial charge is 0.358 e. The van der Waals surface area contributed by atoms with Gasteiger partial charge in [-0.2, -0.15) is 0 Å². The van der Waals surface area contributed by atoms with Crippen LogP contribution >= 0.6 is 23.2 Å². The second-order valence-corrected chi connectivity index (χ2v) is 5.47. The Morgan fingerprint density at radius 3 is 2.80 bits per heavy atom. The normalized spacial score (nSPS) is 21.6. The van der Waals surface area contributed by atoms with E-state index in [1.807, 2.05) is 31.6 Å². The molecule has 0 saturated carbocycles. The lowest BCUT2D eigenvalue weighted by Crippen LogP contribution is -2.47. The molecule has 0 amide bonds. The van der Waals surface area contributed by atoms with Gasteiger partial charge in [0.1, 0.15) is 6.34 Å². The summed E-state index contributed by atoms with van der Waals surface area (Å²) in [7, 11) is 1.87. The van der Waals surface area contributed by atoms with E-state index in [-0.39, 0.29) is 6.04 Å². The Labute approximate surface area is 127 Å². The highest BCUT2D eigenvalue weighted by molar-refractivity contribution is 6.42. The Morgan fingerprint density at radius 2 is 2.15 bits per heavy atom. The molecular weight excluding hydrogens is 297 g/mol. The number of aliphatic imine (C=N–C) groups is 2. The molecule has 0 bridgehead atoms. The quantitative estimate of drug-likeness (QED) is 0.910. The van der Waals surface area contributed by atoms with Crippen LogP contribution in [0.3, 0.4) is 0 Å². The second kappa shape index (κ2) is 5.50. The Kier molecular flexibility index (Phi) is 3.72. The monoisotopic (exact) mass is 311 g/mol. The van der Waals surface area contributed by atoms with Crippen molar-refractivity contribution in [2.75, 3.05) is 26.7 Å². The number of benzene rings is 1. The Morgan fingerprint density at radius 1 is 1.30 bits per heavy atom. The van der Waals surface area contributed by atoms with Crippen molar-refractivity contribution in [2.24, 2.45) is 9.98 Å². The summed E-state index contributed by atoms with van der Waals surface area (Å²) in [6, 6.07) is 5.71. The third-order valence-corrected chi connectivity index (χ3v) is 4.14. The molecule has 1 aromatic rings. The second-order valence-electron chi connectivity index (χ2n) is 4.66. The summed E-state index contributed by atoms with van der Waals surface area (Å²) < 4.78 is 0. The summed E-state index contributed by atoms with van der Waals surface area (Å²) in [5.74, 6) is 0.842. The zero-order valence-corrected chi connectivity index (χ0v) is 12.6. The van der Waals surface area contributed by atoms with E-state index >= 15 is 0 Å². The minimum Gasteiger partial charge on any atom is -0.358 e. The van der Waals surface area contributed by atoms with Gasteiger partial charge >= 0.3 is 0 Å². The van der Waals surface area contributed by atoms with Gasteiger partial charge in [-0.15, -0.1) is 0 Å². The highest BCUT2D eigenvalue weighted by Gasteiger charge is 2.30. The van der Waals surface area contributed by atoms with Crippen LogP contribution in [0, 0.1) is 0 Å². The lowest BCUT2D eigenvalue weighted by Gasteiger charge is -2.29. The number of hydrogen-bond acceptors (Lipinski definition) is 5. The molecule has 1 unspecified atom stereocenters. The predicted octanol–water partition coefficient (Wildman–Crippen LogP) is 2.18. The topological polar surface area (TPSA) is 43.2 Å². The first-order chi connectivity index (χ1) is 9.69. The maximum absolute atomic E-state index is 6.08. The molecule has 2 aliphatic heterocycles. The average molecular weight is 312 g/mol. The van der Waals surface area contributed by atoms with Crippen LogP contribution < -0.4 is 5.32 Å². The van der Waals surface area contributed by atoms with E-state index in [9.17, 15) is 0 Å². The van der Waals surface area contributed by atoms with E-state index in [2.05, 4.69) is 20.3 Å². The van der Waals surface area contributed by atoms with Gasteiger partial charge < -0.3 is 5.32 Å². The highest BCUT2D eigenvalue weighted by atomic mass is 35.5. The van der Waals surface area contributed by atoms with Crippen LogP contribution in [0.25, 0.3) is 0 Å². The molecule has 7 heteroatoms. The maximum atomic E-state index is 6.08. The lowest BCUT2D eigenvalue weighted by molar-refractivity contribution is 0.155. The number of rotatable bonds is 2. The van der Waals surface area contributed by atoms with Crippen molar-refractivity contribution in [3.63, 3.8) is 0 Å². The Balaban J connectivity index is 1.83. The first-order valence-electron chi connectivity index (χ1n) is 6.43. The van der Waals surface area contributed by atoms with Crippen LogP contribution in [0.4, 0.5) is 0 Å². The number of nitrogens with zero attached hydrogens (tertiary/aromatic N) is 4. The van der Waals surface area contributed by atoms with Crippen LogP contribution in [0.15, 0.2) is 28.2 Å². The van der Waals surface area contributed by atoms with Crippen LogP contribution in [-0.4, -0.2) is 49.0 Å². The van der Waals surface area contributed by atoms with Crippen LogP contribution in [0.5, 0.6) is 0 Å². The fourth-order valence-electron chi connectivity index (χ4n) is 2.38. The summed E-state index contributed by atoms with van der Waals surface area (Å²) in [6.45, 7) is 2.47. The fourth-order valence-corrected chi connectivity index (χ4v) is 2.68. The van der Waals surface area contributed by atoms with Crippen molar-refractivity contribution in [3.05, 3.63) is 33.8 Å². The van der Waals surface area contributed by atoms with Gasteiger partial charge in [0.05, 0.1) is 35.7 Å².